The Hall–Kier alpha value is -0.860. The van der Waals surface area contributed by atoms with Crippen molar-refractivity contribution in [3.63, 3.8) is 0 Å². The van der Waals surface area contributed by atoms with Crippen molar-refractivity contribution < 1.29 is 9.47 Å². The summed E-state index contributed by atoms with van der Waals surface area (Å²) < 4.78 is 11.4. The lowest BCUT2D eigenvalue weighted by molar-refractivity contribution is -0.0624. The van der Waals surface area contributed by atoms with Gasteiger partial charge in [0.15, 0.2) is 5.96 Å². The Labute approximate surface area is 168 Å². The minimum atomic E-state index is -0.132. The number of benzene rings is 1. The number of anilines is 1. The summed E-state index contributed by atoms with van der Waals surface area (Å²) in [7, 11) is 1.69. The summed E-state index contributed by atoms with van der Waals surface area (Å²) in [5.41, 5.74) is 7.99. The molecule has 0 atom stereocenters. The van der Waals surface area contributed by atoms with Gasteiger partial charge in [-0.2, -0.15) is 0 Å². The van der Waals surface area contributed by atoms with Crippen molar-refractivity contribution in [3.8, 4) is 0 Å². The molecule has 0 spiro atoms. The second-order valence-electron chi connectivity index (χ2n) is 6.51. The molecule has 2 rings (SSSR count). The molecule has 1 aliphatic rings. The molecule has 0 aromatic heterocycles. The Balaban J connectivity index is 0.00000312. The number of methoxy groups -OCH3 is 1. The van der Waals surface area contributed by atoms with Crippen molar-refractivity contribution in [2.75, 3.05) is 25.6 Å². The van der Waals surface area contributed by atoms with Gasteiger partial charge in [0.2, 0.25) is 0 Å². The molecule has 1 aromatic carbocycles. The average molecular weight is 461 g/mol. The van der Waals surface area contributed by atoms with Gasteiger partial charge in [-0.05, 0) is 25.3 Å². The third kappa shape index (κ3) is 7.11. The SMILES string of the molecule is CCCOC1(CN=C(N)Nc2ccccc2COC)CCCCC1.I. The van der Waals surface area contributed by atoms with E-state index in [1.54, 1.807) is 7.11 Å². The maximum absolute atomic E-state index is 6.17. The standard InChI is InChI=1S/C19H31N3O2.HI/c1-3-13-24-19(11-7-4-8-12-19)15-21-18(20)22-17-10-6-5-9-16(17)14-23-2;/h5-6,9-10H,3-4,7-8,11-15H2,1-2H3,(H3,20,21,22);1H. The number of rotatable bonds is 8. The molecule has 3 N–H and O–H groups in total. The molecule has 0 amide bonds. The number of hydrogen-bond donors (Lipinski definition) is 2. The molecule has 142 valence electrons. The van der Waals surface area contributed by atoms with Crippen molar-refractivity contribution in [1.29, 1.82) is 0 Å². The molecule has 5 nitrogen and oxygen atoms in total. The van der Waals surface area contributed by atoms with Crippen LogP contribution in [0.4, 0.5) is 5.69 Å². The van der Waals surface area contributed by atoms with E-state index in [4.69, 9.17) is 15.2 Å². The Morgan fingerprint density at radius 3 is 2.64 bits per heavy atom. The molecule has 0 unspecified atom stereocenters. The monoisotopic (exact) mass is 461 g/mol. The number of para-hydroxylation sites is 1. The van der Waals surface area contributed by atoms with Gasteiger partial charge in [-0.3, -0.25) is 4.99 Å². The van der Waals surface area contributed by atoms with Gasteiger partial charge in [0, 0.05) is 25.0 Å². The highest BCUT2D eigenvalue weighted by Crippen LogP contribution is 2.32. The van der Waals surface area contributed by atoms with Crippen molar-refractivity contribution >= 4 is 35.6 Å². The maximum atomic E-state index is 6.17. The van der Waals surface area contributed by atoms with Gasteiger partial charge >= 0.3 is 0 Å². The third-order valence-electron chi connectivity index (χ3n) is 4.49. The lowest BCUT2D eigenvalue weighted by Crippen LogP contribution is -2.40. The van der Waals surface area contributed by atoms with Crippen LogP contribution >= 0.6 is 24.0 Å². The topological polar surface area (TPSA) is 68.9 Å². The van der Waals surface area contributed by atoms with Gasteiger partial charge in [-0.25, -0.2) is 0 Å². The van der Waals surface area contributed by atoms with E-state index in [9.17, 15) is 0 Å². The second-order valence-corrected chi connectivity index (χ2v) is 6.51. The molecule has 25 heavy (non-hydrogen) atoms. The highest BCUT2D eigenvalue weighted by molar-refractivity contribution is 14.0. The zero-order valence-electron chi connectivity index (χ0n) is 15.4. The quantitative estimate of drug-likeness (QED) is 0.344. The van der Waals surface area contributed by atoms with Crippen LogP contribution < -0.4 is 11.1 Å². The van der Waals surface area contributed by atoms with E-state index in [1.807, 2.05) is 24.3 Å². The Bertz CT molecular complexity index is 531. The summed E-state index contributed by atoms with van der Waals surface area (Å²) >= 11 is 0. The molecule has 0 aliphatic heterocycles. The first kappa shape index (κ1) is 22.2. The zero-order chi connectivity index (χ0) is 17.3. The lowest BCUT2D eigenvalue weighted by atomic mass is 9.84. The molecule has 0 heterocycles. The summed E-state index contributed by atoms with van der Waals surface area (Å²) in [6.07, 6.45) is 6.89. The Morgan fingerprint density at radius 2 is 1.96 bits per heavy atom. The zero-order valence-corrected chi connectivity index (χ0v) is 17.8. The lowest BCUT2D eigenvalue weighted by Gasteiger charge is -2.36. The highest BCUT2D eigenvalue weighted by Gasteiger charge is 2.32. The minimum Gasteiger partial charge on any atom is -0.380 e. The summed E-state index contributed by atoms with van der Waals surface area (Å²) in [4.78, 5) is 4.59. The summed E-state index contributed by atoms with van der Waals surface area (Å²) in [6, 6.07) is 7.97. The molecule has 1 aromatic rings. The van der Waals surface area contributed by atoms with Crippen molar-refractivity contribution in [2.24, 2.45) is 10.7 Å². The average Bonchev–Trinajstić information content (AvgIpc) is 2.61. The van der Waals surface area contributed by atoms with Crippen LogP contribution in [0.15, 0.2) is 29.3 Å². The molecular weight excluding hydrogens is 429 g/mol. The van der Waals surface area contributed by atoms with Crippen LogP contribution in [0.25, 0.3) is 0 Å². The van der Waals surface area contributed by atoms with Crippen LogP contribution in [-0.2, 0) is 16.1 Å². The van der Waals surface area contributed by atoms with Crippen LogP contribution in [0.5, 0.6) is 0 Å². The van der Waals surface area contributed by atoms with Crippen LogP contribution in [0.1, 0.15) is 51.0 Å². The fourth-order valence-electron chi connectivity index (χ4n) is 3.19. The van der Waals surface area contributed by atoms with Crippen molar-refractivity contribution in [2.45, 2.75) is 57.7 Å². The van der Waals surface area contributed by atoms with Gasteiger partial charge in [-0.1, -0.05) is 44.4 Å². The first-order valence-corrected chi connectivity index (χ1v) is 8.97. The number of guanidine groups is 1. The third-order valence-corrected chi connectivity index (χ3v) is 4.49. The number of nitrogens with zero attached hydrogens (tertiary/aromatic N) is 1. The number of hydrogen-bond acceptors (Lipinski definition) is 3. The first-order valence-electron chi connectivity index (χ1n) is 8.97. The summed E-state index contributed by atoms with van der Waals surface area (Å²) in [5.74, 6) is 0.434. The van der Waals surface area contributed by atoms with E-state index in [-0.39, 0.29) is 29.6 Å². The van der Waals surface area contributed by atoms with Gasteiger partial charge in [0.25, 0.3) is 0 Å². The summed E-state index contributed by atoms with van der Waals surface area (Å²) in [6.45, 7) is 4.10. The van der Waals surface area contributed by atoms with Crippen LogP contribution in [0, 0.1) is 0 Å². The van der Waals surface area contributed by atoms with Crippen LogP contribution in [-0.4, -0.2) is 31.8 Å². The Morgan fingerprint density at radius 1 is 1.24 bits per heavy atom. The van der Waals surface area contributed by atoms with E-state index < -0.39 is 0 Å². The smallest absolute Gasteiger partial charge is 0.193 e. The molecule has 0 radical (unpaired) electrons. The second kappa shape index (κ2) is 11.7. The molecular formula is C19H32IN3O2. The van der Waals surface area contributed by atoms with Gasteiger partial charge in [0.1, 0.15) is 0 Å². The Kier molecular flexibility index (Phi) is 10.4. The molecule has 1 fully saturated rings. The fraction of sp³-hybridized carbons (Fsp3) is 0.632. The van der Waals surface area contributed by atoms with Crippen molar-refractivity contribution in [1.82, 2.24) is 0 Å². The van der Waals surface area contributed by atoms with Crippen LogP contribution in [0.3, 0.4) is 0 Å². The molecule has 0 saturated heterocycles. The molecule has 0 bridgehead atoms. The predicted octanol–water partition coefficient (Wildman–Crippen LogP) is 4.31. The summed E-state index contributed by atoms with van der Waals surface area (Å²) in [5, 5.41) is 3.20. The van der Waals surface area contributed by atoms with E-state index >= 15 is 0 Å². The number of nitrogens with one attached hydrogen (secondary N) is 1. The molecule has 1 aliphatic carbocycles. The predicted molar refractivity (Wildman–Crippen MR) is 115 cm³/mol. The number of halogens is 1. The maximum Gasteiger partial charge on any atom is 0.193 e. The van der Waals surface area contributed by atoms with E-state index in [0.717, 1.165) is 37.1 Å². The first-order chi connectivity index (χ1) is 11.7. The van der Waals surface area contributed by atoms with Gasteiger partial charge in [0.05, 0.1) is 18.8 Å². The normalized spacial score (nSPS) is 17.0. The molecule has 1 saturated carbocycles. The van der Waals surface area contributed by atoms with Crippen LogP contribution in [0.2, 0.25) is 0 Å². The minimum absolute atomic E-state index is 0. The number of nitrogens with two attached hydrogens (primary N) is 1. The van der Waals surface area contributed by atoms with Gasteiger partial charge in [-0.15, -0.1) is 24.0 Å². The number of ether oxygens (including phenoxy) is 2. The highest BCUT2D eigenvalue weighted by atomic mass is 127. The largest absolute Gasteiger partial charge is 0.380 e. The van der Waals surface area contributed by atoms with E-state index in [2.05, 4.69) is 17.2 Å². The fourth-order valence-corrected chi connectivity index (χ4v) is 3.19. The van der Waals surface area contributed by atoms with Gasteiger partial charge < -0.3 is 20.5 Å². The van der Waals surface area contributed by atoms with Crippen molar-refractivity contribution in [3.05, 3.63) is 29.8 Å². The number of aliphatic imine (C=N–C) groups is 1. The van der Waals surface area contributed by atoms with E-state index in [1.165, 1.54) is 19.3 Å². The molecule has 6 heteroatoms. The van der Waals surface area contributed by atoms with E-state index in [0.29, 0.717) is 19.1 Å².